The summed E-state index contributed by atoms with van der Waals surface area (Å²) >= 11 is 0. The predicted molar refractivity (Wildman–Crippen MR) is 109 cm³/mol. The summed E-state index contributed by atoms with van der Waals surface area (Å²) in [5.41, 5.74) is 6.63. The molecule has 0 saturated heterocycles. The molecular weight excluding hydrogens is 413 g/mol. The number of fused-ring (bicyclic) bond motifs is 2. The molecule has 0 saturated carbocycles. The van der Waals surface area contributed by atoms with Crippen LogP contribution in [0.3, 0.4) is 0 Å². The molecule has 31 heavy (non-hydrogen) atoms. The van der Waals surface area contributed by atoms with Gasteiger partial charge in [-0.25, -0.2) is 4.79 Å². The standard InChI is InChI=1S/C21H17F3N4O3/c1-28-9-15(13-4-3-12(7-18(13)28)21(22,23)24)19(29)27-17-8-26-16-5-2-11(6-14(16)17)10-31-20(25)30/h2-9,26H,10H2,1H3,(H2,25,30)(H,27,29). The number of carbonyl (C=O) groups is 2. The van der Waals surface area contributed by atoms with E-state index in [1.807, 2.05) is 0 Å². The van der Waals surface area contributed by atoms with Gasteiger partial charge in [-0.1, -0.05) is 12.1 Å². The number of aryl methyl sites for hydroxylation is 1. The Kier molecular flexibility index (Phi) is 4.84. The fourth-order valence-electron chi connectivity index (χ4n) is 3.45. The Morgan fingerprint density at radius 2 is 1.94 bits per heavy atom. The molecule has 0 aliphatic carbocycles. The second-order valence-electron chi connectivity index (χ2n) is 7.03. The first-order valence-corrected chi connectivity index (χ1v) is 9.13. The van der Waals surface area contributed by atoms with Crippen molar-refractivity contribution >= 4 is 39.5 Å². The highest BCUT2D eigenvalue weighted by atomic mass is 19.4. The Hall–Kier alpha value is -3.95. The zero-order valence-corrected chi connectivity index (χ0v) is 16.2. The van der Waals surface area contributed by atoms with E-state index >= 15 is 0 Å². The van der Waals surface area contributed by atoms with E-state index in [0.717, 1.165) is 17.6 Å². The molecule has 4 N–H and O–H groups in total. The number of hydrogen-bond donors (Lipinski definition) is 3. The molecule has 2 aromatic heterocycles. The topological polar surface area (TPSA) is 102 Å². The minimum absolute atomic E-state index is 0.0191. The van der Waals surface area contributed by atoms with Crippen LogP contribution in [0.15, 0.2) is 48.8 Å². The van der Waals surface area contributed by atoms with Gasteiger partial charge >= 0.3 is 12.3 Å². The Bertz CT molecular complexity index is 1320. The lowest BCUT2D eigenvalue weighted by molar-refractivity contribution is -0.137. The van der Waals surface area contributed by atoms with E-state index in [0.29, 0.717) is 27.5 Å². The maximum atomic E-state index is 13.0. The maximum absolute atomic E-state index is 13.0. The van der Waals surface area contributed by atoms with Gasteiger partial charge < -0.3 is 25.3 Å². The molecule has 0 fully saturated rings. The van der Waals surface area contributed by atoms with Gasteiger partial charge in [0.25, 0.3) is 5.91 Å². The number of H-pyrrole nitrogens is 1. The third kappa shape index (κ3) is 3.91. The van der Waals surface area contributed by atoms with Crippen molar-refractivity contribution < 1.29 is 27.5 Å². The Morgan fingerprint density at radius 1 is 1.16 bits per heavy atom. The van der Waals surface area contributed by atoms with Crippen molar-refractivity contribution in [2.75, 3.05) is 5.32 Å². The van der Waals surface area contributed by atoms with Crippen LogP contribution in [0.2, 0.25) is 0 Å². The van der Waals surface area contributed by atoms with Crippen LogP contribution in [0.5, 0.6) is 0 Å². The van der Waals surface area contributed by atoms with Crippen molar-refractivity contribution in [2.24, 2.45) is 12.8 Å². The van der Waals surface area contributed by atoms with Gasteiger partial charge in [-0.05, 0) is 29.8 Å². The average molecular weight is 430 g/mol. The van der Waals surface area contributed by atoms with E-state index in [1.165, 1.54) is 16.8 Å². The summed E-state index contributed by atoms with van der Waals surface area (Å²) in [5.74, 6) is -0.468. The van der Waals surface area contributed by atoms with E-state index in [4.69, 9.17) is 10.5 Å². The normalized spacial score (nSPS) is 11.7. The maximum Gasteiger partial charge on any atom is 0.416 e. The van der Waals surface area contributed by atoms with Crippen LogP contribution in [-0.2, 0) is 24.6 Å². The highest BCUT2D eigenvalue weighted by molar-refractivity contribution is 6.15. The molecule has 0 radical (unpaired) electrons. The lowest BCUT2D eigenvalue weighted by atomic mass is 10.1. The number of nitrogens with one attached hydrogen (secondary N) is 2. The molecule has 4 rings (SSSR count). The molecule has 0 spiro atoms. The van der Waals surface area contributed by atoms with Crippen LogP contribution in [-0.4, -0.2) is 21.6 Å². The zero-order valence-electron chi connectivity index (χ0n) is 16.2. The van der Waals surface area contributed by atoms with Gasteiger partial charge in [0.2, 0.25) is 0 Å². The van der Waals surface area contributed by atoms with Crippen molar-refractivity contribution in [2.45, 2.75) is 12.8 Å². The first-order chi connectivity index (χ1) is 14.6. The number of hydrogen-bond acceptors (Lipinski definition) is 3. The van der Waals surface area contributed by atoms with Crippen molar-refractivity contribution in [1.82, 2.24) is 9.55 Å². The Labute approximate surface area is 173 Å². The highest BCUT2D eigenvalue weighted by Crippen LogP contribution is 2.33. The predicted octanol–water partition coefficient (Wildman–Crippen LogP) is 4.53. The number of carbonyl (C=O) groups excluding carboxylic acids is 2. The molecule has 0 aliphatic heterocycles. The number of ether oxygens (including phenoxy) is 1. The molecule has 2 heterocycles. The van der Waals surface area contributed by atoms with Gasteiger partial charge in [-0.3, -0.25) is 4.79 Å². The fraction of sp³-hybridized carbons (Fsp3) is 0.143. The summed E-state index contributed by atoms with van der Waals surface area (Å²) in [6.45, 7) is -0.0191. The molecule has 0 unspecified atom stereocenters. The first-order valence-electron chi connectivity index (χ1n) is 9.13. The molecule has 7 nitrogen and oxygen atoms in total. The van der Waals surface area contributed by atoms with Crippen LogP contribution in [0.25, 0.3) is 21.8 Å². The number of aromatic amines is 1. The van der Waals surface area contributed by atoms with Crippen molar-refractivity contribution in [3.8, 4) is 0 Å². The summed E-state index contributed by atoms with van der Waals surface area (Å²) < 4.78 is 45.3. The number of benzene rings is 2. The molecule has 4 aromatic rings. The highest BCUT2D eigenvalue weighted by Gasteiger charge is 2.31. The SMILES string of the molecule is Cn1cc(C(=O)Nc2c[nH]c3ccc(COC(N)=O)cc23)c2ccc(C(F)(F)F)cc21. The van der Waals surface area contributed by atoms with Gasteiger partial charge in [-0.2, -0.15) is 13.2 Å². The van der Waals surface area contributed by atoms with Gasteiger partial charge in [0.05, 0.1) is 16.8 Å². The molecule has 0 atom stereocenters. The van der Waals surface area contributed by atoms with Gasteiger partial charge in [-0.15, -0.1) is 0 Å². The van der Waals surface area contributed by atoms with Crippen molar-refractivity contribution in [1.29, 1.82) is 0 Å². The van der Waals surface area contributed by atoms with Gasteiger partial charge in [0.1, 0.15) is 6.61 Å². The summed E-state index contributed by atoms with van der Waals surface area (Å²) in [4.78, 5) is 26.8. The van der Waals surface area contributed by atoms with Crippen LogP contribution in [0.1, 0.15) is 21.5 Å². The summed E-state index contributed by atoms with van der Waals surface area (Å²) in [6, 6.07) is 8.51. The number of rotatable bonds is 4. The Balaban J connectivity index is 1.65. The zero-order chi connectivity index (χ0) is 22.3. The lowest BCUT2D eigenvalue weighted by Gasteiger charge is -2.07. The van der Waals surface area contributed by atoms with Crippen molar-refractivity contribution in [3.63, 3.8) is 0 Å². The molecule has 2 amide bonds. The number of halogens is 3. The number of anilines is 1. The van der Waals surface area contributed by atoms with Crippen LogP contribution < -0.4 is 11.1 Å². The number of aromatic nitrogens is 2. The second kappa shape index (κ2) is 7.38. The lowest BCUT2D eigenvalue weighted by Crippen LogP contribution is -2.12. The van der Waals surface area contributed by atoms with E-state index in [1.54, 1.807) is 31.4 Å². The number of amides is 2. The number of nitrogens with two attached hydrogens (primary N) is 1. The minimum atomic E-state index is -4.47. The quantitative estimate of drug-likeness (QED) is 0.443. The fourth-order valence-corrected chi connectivity index (χ4v) is 3.45. The largest absolute Gasteiger partial charge is 0.445 e. The Morgan fingerprint density at radius 3 is 2.65 bits per heavy atom. The minimum Gasteiger partial charge on any atom is -0.445 e. The van der Waals surface area contributed by atoms with Crippen molar-refractivity contribution in [3.05, 3.63) is 65.5 Å². The monoisotopic (exact) mass is 430 g/mol. The van der Waals surface area contributed by atoms with Crippen LogP contribution in [0.4, 0.5) is 23.7 Å². The van der Waals surface area contributed by atoms with E-state index in [-0.39, 0.29) is 12.2 Å². The molecule has 0 bridgehead atoms. The molecule has 0 aliphatic rings. The van der Waals surface area contributed by atoms with Crippen LogP contribution in [0, 0.1) is 0 Å². The number of nitrogens with zero attached hydrogens (tertiary/aromatic N) is 1. The van der Waals surface area contributed by atoms with E-state index in [2.05, 4.69) is 10.3 Å². The van der Waals surface area contributed by atoms with Gasteiger partial charge in [0, 0.05) is 41.2 Å². The van der Waals surface area contributed by atoms with E-state index < -0.39 is 23.7 Å². The number of primary amides is 1. The molecule has 2 aromatic carbocycles. The second-order valence-corrected chi connectivity index (χ2v) is 7.03. The first kappa shape index (κ1) is 20.3. The third-order valence-corrected chi connectivity index (χ3v) is 4.94. The van der Waals surface area contributed by atoms with Gasteiger partial charge in [0.15, 0.2) is 0 Å². The molecular formula is C21H17F3N4O3. The van der Waals surface area contributed by atoms with Crippen LogP contribution >= 0.6 is 0 Å². The summed E-state index contributed by atoms with van der Waals surface area (Å²) in [6.07, 6.45) is -2.27. The summed E-state index contributed by atoms with van der Waals surface area (Å²) in [5, 5.41) is 3.87. The number of alkyl halides is 3. The molecule has 160 valence electrons. The smallest absolute Gasteiger partial charge is 0.416 e. The van der Waals surface area contributed by atoms with E-state index in [9.17, 15) is 22.8 Å². The average Bonchev–Trinajstić information content (AvgIpc) is 3.26. The molecule has 10 heteroatoms. The summed E-state index contributed by atoms with van der Waals surface area (Å²) in [7, 11) is 1.58. The third-order valence-electron chi connectivity index (χ3n) is 4.94.